The average Bonchev–Trinajstić information content (AvgIpc) is 2.19. The van der Waals surface area contributed by atoms with Crippen molar-refractivity contribution >= 4 is 7.60 Å². The lowest BCUT2D eigenvalue weighted by Crippen LogP contribution is -1.91. The number of rotatable bonds is 2. The Bertz CT molecular complexity index is 166. The normalized spacial score (nSPS) is 39.8. The molecule has 2 unspecified atom stereocenters. The Morgan fingerprint density at radius 2 is 1.70 bits per heavy atom. The fraction of sp³-hybridized carbons (Fsp3) is 1.00. The van der Waals surface area contributed by atoms with Crippen molar-refractivity contribution in [1.29, 1.82) is 0 Å². The van der Waals surface area contributed by atoms with Crippen molar-refractivity contribution in [1.82, 2.24) is 0 Å². The van der Waals surface area contributed by atoms with E-state index in [-0.39, 0.29) is 12.1 Å². The number of hydrogen-bond donors (Lipinski definition) is 2. The van der Waals surface area contributed by atoms with Gasteiger partial charge in [-0.3, -0.25) is 4.57 Å². The SMILES string of the molecule is CC1C(C)C1CP(=O)(O)O. The molecule has 1 saturated carbocycles. The molecule has 2 atom stereocenters. The maximum absolute atomic E-state index is 10.5. The molecule has 4 heteroatoms. The Labute approximate surface area is 60.6 Å². The Hall–Kier alpha value is 0.150. The largest absolute Gasteiger partial charge is 0.325 e. The molecule has 0 bridgehead atoms. The van der Waals surface area contributed by atoms with Crippen molar-refractivity contribution in [3.63, 3.8) is 0 Å². The summed E-state index contributed by atoms with van der Waals surface area (Å²) in [5.41, 5.74) is 0. The maximum atomic E-state index is 10.5. The highest BCUT2D eigenvalue weighted by Crippen LogP contribution is 2.53. The van der Waals surface area contributed by atoms with E-state index in [1.807, 2.05) is 13.8 Å². The molecule has 0 aromatic carbocycles. The molecule has 0 amide bonds. The summed E-state index contributed by atoms with van der Waals surface area (Å²) in [7, 11) is -3.73. The molecule has 1 fully saturated rings. The van der Waals surface area contributed by atoms with Crippen LogP contribution in [0.1, 0.15) is 13.8 Å². The lowest BCUT2D eigenvalue weighted by atomic mass is 10.4. The molecular weight excluding hydrogens is 151 g/mol. The average molecular weight is 164 g/mol. The molecule has 0 aliphatic heterocycles. The van der Waals surface area contributed by atoms with Gasteiger partial charge < -0.3 is 9.79 Å². The van der Waals surface area contributed by atoms with Crippen molar-refractivity contribution in [2.45, 2.75) is 13.8 Å². The van der Waals surface area contributed by atoms with Gasteiger partial charge in [0.1, 0.15) is 0 Å². The summed E-state index contributed by atoms with van der Waals surface area (Å²) in [6, 6.07) is 0. The van der Waals surface area contributed by atoms with Gasteiger partial charge in [0.2, 0.25) is 0 Å². The van der Waals surface area contributed by atoms with Crippen LogP contribution in [0.25, 0.3) is 0 Å². The minimum absolute atomic E-state index is 0.0787. The van der Waals surface area contributed by atoms with Crippen LogP contribution in [0.3, 0.4) is 0 Å². The van der Waals surface area contributed by atoms with Crippen LogP contribution in [0, 0.1) is 17.8 Å². The zero-order valence-corrected chi connectivity index (χ0v) is 7.08. The van der Waals surface area contributed by atoms with Gasteiger partial charge in [0.25, 0.3) is 0 Å². The van der Waals surface area contributed by atoms with Crippen LogP contribution in [0.2, 0.25) is 0 Å². The lowest BCUT2D eigenvalue weighted by Gasteiger charge is -2.00. The molecule has 0 aromatic heterocycles. The second kappa shape index (κ2) is 2.33. The van der Waals surface area contributed by atoms with Gasteiger partial charge in [0.15, 0.2) is 0 Å². The molecule has 0 saturated heterocycles. The summed E-state index contributed by atoms with van der Waals surface area (Å²) < 4.78 is 10.5. The van der Waals surface area contributed by atoms with Gasteiger partial charge in [-0.2, -0.15) is 0 Å². The Morgan fingerprint density at radius 1 is 1.30 bits per heavy atom. The molecule has 1 rings (SSSR count). The monoisotopic (exact) mass is 164 g/mol. The van der Waals surface area contributed by atoms with Crippen LogP contribution in [0.15, 0.2) is 0 Å². The minimum atomic E-state index is -3.73. The molecule has 2 N–H and O–H groups in total. The third-order valence-corrected chi connectivity index (χ3v) is 3.39. The van der Waals surface area contributed by atoms with E-state index in [1.165, 1.54) is 0 Å². The summed E-state index contributed by atoms with van der Waals surface area (Å²) in [4.78, 5) is 17.1. The standard InChI is InChI=1S/C6H13O3P/c1-4-5(2)6(4)3-10(7,8)9/h4-6H,3H2,1-2H3,(H2,7,8,9). The highest BCUT2D eigenvalue weighted by molar-refractivity contribution is 7.51. The van der Waals surface area contributed by atoms with Gasteiger partial charge in [-0.1, -0.05) is 13.8 Å². The molecule has 10 heavy (non-hydrogen) atoms. The van der Waals surface area contributed by atoms with Gasteiger partial charge in [0.05, 0.1) is 6.16 Å². The zero-order chi connectivity index (χ0) is 7.94. The highest BCUT2D eigenvalue weighted by Gasteiger charge is 2.45. The van der Waals surface area contributed by atoms with Crippen molar-refractivity contribution in [2.75, 3.05) is 6.16 Å². The van der Waals surface area contributed by atoms with Gasteiger partial charge in [0, 0.05) is 0 Å². The van der Waals surface area contributed by atoms with Crippen LogP contribution in [0.5, 0.6) is 0 Å². The topological polar surface area (TPSA) is 57.5 Å². The van der Waals surface area contributed by atoms with Crippen LogP contribution in [0.4, 0.5) is 0 Å². The molecule has 60 valence electrons. The summed E-state index contributed by atoms with van der Waals surface area (Å²) >= 11 is 0. The van der Waals surface area contributed by atoms with Crippen LogP contribution >= 0.6 is 7.60 Å². The smallest absolute Gasteiger partial charge is 0.324 e. The van der Waals surface area contributed by atoms with Gasteiger partial charge in [-0.15, -0.1) is 0 Å². The highest BCUT2D eigenvalue weighted by atomic mass is 31.2. The summed E-state index contributed by atoms with van der Waals surface area (Å²) in [5, 5.41) is 0. The molecular formula is C6H13O3P. The Morgan fingerprint density at radius 3 is 1.80 bits per heavy atom. The number of hydrogen-bond acceptors (Lipinski definition) is 1. The molecule has 3 nitrogen and oxygen atoms in total. The van der Waals surface area contributed by atoms with Crippen LogP contribution < -0.4 is 0 Å². The molecule has 0 radical (unpaired) electrons. The Balaban J connectivity index is 2.37. The third kappa shape index (κ3) is 1.82. The third-order valence-electron chi connectivity index (χ3n) is 2.49. The predicted octanol–water partition coefficient (Wildman–Crippen LogP) is 1.07. The first-order valence-corrected chi connectivity index (χ1v) is 5.26. The summed E-state index contributed by atoms with van der Waals surface area (Å²) in [6.07, 6.45) is 0.0787. The second-order valence-corrected chi connectivity index (χ2v) is 4.92. The molecule has 0 aromatic rings. The Kier molecular flexibility index (Phi) is 1.92. The van der Waals surface area contributed by atoms with Gasteiger partial charge in [-0.25, -0.2) is 0 Å². The molecule has 0 spiro atoms. The maximum Gasteiger partial charge on any atom is 0.325 e. The quantitative estimate of drug-likeness (QED) is 0.600. The molecule has 0 heterocycles. The van der Waals surface area contributed by atoms with E-state index in [0.717, 1.165) is 0 Å². The predicted molar refractivity (Wildman–Crippen MR) is 38.7 cm³/mol. The van der Waals surface area contributed by atoms with E-state index in [2.05, 4.69) is 0 Å². The van der Waals surface area contributed by atoms with Crippen molar-refractivity contribution in [3.8, 4) is 0 Å². The van der Waals surface area contributed by atoms with E-state index in [1.54, 1.807) is 0 Å². The first-order valence-electron chi connectivity index (χ1n) is 3.46. The second-order valence-electron chi connectivity index (χ2n) is 3.23. The van der Waals surface area contributed by atoms with E-state index in [9.17, 15) is 4.57 Å². The first kappa shape index (κ1) is 8.25. The first-order chi connectivity index (χ1) is 4.42. The fourth-order valence-corrected chi connectivity index (χ4v) is 2.59. The van der Waals surface area contributed by atoms with Crippen molar-refractivity contribution in [3.05, 3.63) is 0 Å². The van der Waals surface area contributed by atoms with Gasteiger partial charge >= 0.3 is 7.60 Å². The minimum Gasteiger partial charge on any atom is -0.324 e. The van der Waals surface area contributed by atoms with E-state index in [0.29, 0.717) is 11.8 Å². The van der Waals surface area contributed by atoms with Crippen LogP contribution in [-0.4, -0.2) is 15.9 Å². The van der Waals surface area contributed by atoms with Crippen LogP contribution in [-0.2, 0) is 4.57 Å². The fourth-order valence-electron chi connectivity index (χ4n) is 1.37. The molecule has 1 aliphatic carbocycles. The van der Waals surface area contributed by atoms with E-state index < -0.39 is 7.60 Å². The lowest BCUT2D eigenvalue weighted by molar-refractivity contribution is 0.369. The summed E-state index contributed by atoms with van der Waals surface area (Å²) in [6.45, 7) is 4.07. The van der Waals surface area contributed by atoms with Crippen molar-refractivity contribution < 1.29 is 14.4 Å². The van der Waals surface area contributed by atoms with E-state index >= 15 is 0 Å². The zero-order valence-electron chi connectivity index (χ0n) is 6.19. The van der Waals surface area contributed by atoms with Crippen molar-refractivity contribution in [2.24, 2.45) is 17.8 Å². The van der Waals surface area contributed by atoms with E-state index in [4.69, 9.17) is 9.79 Å². The molecule has 1 aliphatic rings. The summed E-state index contributed by atoms with van der Waals surface area (Å²) in [5.74, 6) is 1.28. The van der Waals surface area contributed by atoms with Gasteiger partial charge in [-0.05, 0) is 17.8 Å².